The Morgan fingerprint density at radius 3 is 1.24 bits per heavy atom. The summed E-state index contributed by atoms with van der Waals surface area (Å²) in [5.74, 6) is -3.39. The fourth-order valence-electron chi connectivity index (χ4n) is 2.32. The van der Waals surface area contributed by atoms with Gasteiger partial charge in [-0.25, -0.2) is 9.80 Å². The van der Waals surface area contributed by atoms with Crippen molar-refractivity contribution in [2.24, 2.45) is 0 Å². The second-order valence-corrected chi connectivity index (χ2v) is 4.89. The third kappa shape index (κ3) is 3.04. The van der Waals surface area contributed by atoms with Crippen molar-refractivity contribution in [1.29, 1.82) is 0 Å². The molecule has 2 fully saturated rings. The zero-order valence-electron chi connectivity index (χ0n) is 11.3. The molecule has 0 aliphatic carbocycles. The van der Waals surface area contributed by atoms with Crippen molar-refractivity contribution in [2.45, 2.75) is 44.9 Å². The summed E-state index contributed by atoms with van der Waals surface area (Å²) in [6, 6.07) is 0. The standard InChI is InChI=1S/C13H14N2O6/c16-8(14-10(18)4-5-11(14)19)2-1-3-9(17)15-12(20)6-7-13(15)21/h1-7H2. The van der Waals surface area contributed by atoms with Gasteiger partial charge in [-0.2, -0.15) is 0 Å². The molecule has 6 amide bonds. The second-order valence-electron chi connectivity index (χ2n) is 4.89. The Balaban J connectivity index is 1.81. The van der Waals surface area contributed by atoms with Crippen LogP contribution >= 0.6 is 0 Å². The van der Waals surface area contributed by atoms with Crippen molar-refractivity contribution >= 4 is 35.4 Å². The molecule has 2 saturated heterocycles. The largest absolute Gasteiger partial charge is 0.274 e. The molecule has 21 heavy (non-hydrogen) atoms. The van der Waals surface area contributed by atoms with Crippen molar-refractivity contribution in [2.75, 3.05) is 0 Å². The molecule has 8 heteroatoms. The number of nitrogens with zero attached hydrogens (tertiary/aromatic N) is 2. The summed E-state index contributed by atoms with van der Waals surface area (Å²) in [6.07, 6.45) is -0.119. The van der Waals surface area contributed by atoms with Gasteiger partial charge in [-0.1, -0.05) is 0 Å². The van der Waals surface area contributed by atoms with Crippen LogP contribution in [0.2, 0.25) is 0 Å². The van der Waals surface area contributed by atoms with E-state index in [0.717, 1.165) is 0 Å². The van der Waals surface area contributed by atoms with Gasteiger partial charge in [0.15, 0.2) is 0 Å². The molecule has 8 nitrogen and oxygen atoms in total. The molecule has 0 N–H and O–H groups in total. The first-order valence-corrected chi connectivity index (χ1v) is 6.69. The SMILES string of the molecule is O=C(CCCC(=O)N1C(=O)CCC1=O)N1C(=O)CCC1=O. The van der Waals surface area contributed by atoms with Gasteiger partial charge in [-0.05, 0) is 6.42 Å². The van der Waals surface area contributed by atoms with Crippen LogP contribution in [0.5, 0.6) is 0 Å². The summed E-state index contributed by atoms with van der Waals surface area (Å²) >= 11 is 0. The van der Waals surface area contributed by atoms with Crippen molar-refractivity contribution in [3.05, 3.63) is 0 Å². The molecule has 0 aromatic rings. The minimum Gasteiger partial charge on any atom is -0.274 e. The topological polar surface area (TPSA) is 109 Å². The number of rotatable bonds is 4. The number of likely N-dealkylation sites (tertiary alicyclic amines) is 2. The maximum atomic E-state index is 11.7. The van der Waals surface area contributed by atoms with E-state index >= 15 is 0 Å². The van der Waals surface area contributed by atoms with E-state index in [0.29, 0.717) is 9.80 Å². The first-order valence-electron chi connectivity index (χ1n) is 6.69. The van der Waals surface area contributed by atoms with E-state index in [4.69, 9.17) is 0 Å². The number of hydrogen-bond acceptors (Lipinski definition) is 6. The van der Waals surface area contributed by atoms with Crippen molar-refractivity contribution in [3.8, 4) is 0 Å². The zero-order chi connectivity index (χ0) is 15.6. The lowest BCUT2D eigenvalue weighted by Crippen LogP contribution is -2.37. The maximum Gasteiger partial charge on any atom is 0.236 e. The van der Waals surface area contributed by atoms with Crippen molar-refractivity contribution in [1.82, 2.24) is 9.80 Å². The van der Waals surface area contributed by atoms with Gasteiger partial charge < -0.3 is 0 Å². The highest BCUT2D eigenvalue weighted by Crippen LogP contribution is 2.16. The highest BCUT2D eigenvalue weighted by Gasteiger charge is 2.35. The fraction of sp³-hybridized carbons (Fsp3) is 0.538. The minimum atomic E-state index is -0.644. The van der Waals surface area contributed by atoms with E-state index in [1.165, 1.54) is 0 Å². The van der Waals surface area contributed by atoms with Crippen LogP contribution in [0.1, 0.15) is 44.9 Å². The van der Waals surface area contributed by atoms with Crippen LogP contribution in [0.15, 0.2) is 0 Å². The Bertz CT molecular complexity index is 473. The molecule has 0 spiro atoms. The summed E-state index contributed by atoms with van der Waals surface area (Å²) in [4.78, 5) is 70.0. The molecule has 112 valence electrons. The predicted molar refractivity (Wildman–Crippen MR) is 66.0 cm³/mol. The highest BCUT2D eigenvalue weighted by atomic mass is 16.2. The molecule has 0 atom stereocenters. The molecule has 0 saturated carbocycles. The van der Waals surface area contributed by atoms with Crippen LogP contribution in [0.4, 0.5) is 0 Å². The number of hydrogen-bond donors (Lipinski definition) is 0. The third-order valence-electron chi connectivity index (χ3n) is 3.38. The number of imide groups is 6. The van der Waals surface area contributed by atoms with E-state index in [2.05, 4.69) is 0 Å². The molecule has 0 aromatic carbocycles. The lowest BCUT2D eigenvalue weighted by molar-refractivity contribution is -0.150. The molecule has 0 aromatic heterocycles. The van der Waals surface area contributed by atoms with Crippen LogP contribution < -0.4 is 0 Å². The summed E-state index contributed by atoms with van der Waals surface area (Å²) < 4.78 is 0. The lowest BCUT2D eigenvalue weighted by Gasteiger charge is -2.13. The number of carbonyl (C=O) groups is 6. The van der Waals surface area contributed by atoms with Gasteiger partial charge in [-0.15, -0.1) is 0 Å². The van der Waals surface area contributed by atoms with E-state index in [1.54, 1.807) is 0 Å². The normalized spacial score (nSPS) is 18.9. The minimum absolute atomic E-state index is 0.0281. The van der Waals surface area contributed by atoms with Gasteiger partial charge in [-0.3, -0.25) is 28.8 Å². The van der Waals surface area contributed by atoms with E-state index in [9.17, 15) is 28.8 Å². The number of carbonyl (C=O) groups excluding carboxylic acids is 6. The van der Waals surface area contributed by atoms with Crippen LogP contribution in [0, 0.1) is 0 Å². The number of amides is 6. The molecule has 2 aliphatic rings. The molecule has 0 bridgehead atoms. The van der Waals surface area contributed by atoms with Gasteiger partial charge in [0.05, 0.1) is 0 Å². The summed E-state index contributed by atoms with van der Waals surface area (Å²) in [7, 11) is 0. The molecular formula is C13H14N2O6. The molecule has 0 radical (unpaired) electrons. The average molecular weight is 294 g/mol. The lowest BCUT2D eigenvalue weighted by atomic mass is 10.2. The third-order valence-corrected chi connectivity index (χ3v) is 3.38. The summed E-state index contributed by atoms with van der Waals surface area (Å²) in [6.45, 7) is 0. The van der Waals surface area contributed by atoms with Crippen molar-refractivity contribution in [3.63, 3.8) is 0 Å². The van der Waals surface area contributed by atoms with Gasteiger partial charge in [0.1, 0.15) is 0 Å². The Kier molecular flexibility index (Phi) is 4.25. The van der Waals surface area contributed by atoms with Crippen LogP contribution in [-0.2, 0) is 28.8 Å². The summed E-state index contributed by atoms with van der Waals surface area (Å²) in [5, 5.41) is 0. The van der Waals surface area contributed by atoms with Gasteiger partial charge in [0, 0.05) is 38.5 Å². The van der Waals surface area contributed by atoms with Gasteiger partial charge in [0.25, 0.3) is 0 Å². The van der Waals surface area contributed by atoms with Crippen molar-refractivity contribution < 1.29 is 28.8 Å². The first kappa shape index (κ1) is 15.0. The first-order chi connectivity index (χ1) is 9.91. The van der Waals surface area contributed by atoms with Crippen LogP contribution in [0.25, 0.3) is 0 Å². The molecule has 0 unspecified atom stereocenters. The van der Waals surface area contributed by atoms with Crippen LogP contribution in [0.3, 0.4) is 0 Å². The molecule has 2 rings (SSSR count). The Labute approximate surface area is 120 Å². The van der Waals surface area contributed by atoms with E-state index in [-0.39, 0.29) is 44.9 Å². The second kappa shape index (κ2) is 5.94. The monoisotopic (exact) mass is 294 g/mol. The molecule has 2 aliphatic heterocycles. The molecular weight excluding hydrogens is 280 g/mol. The smallest absolute Gasteiger partial charge is 0.236 e. The van der Waals surface area contributed by atoms with Gasteiger partial charge >= 0.3 is 0 Å². The fourth-order valence-corrected chi connectivity index (χ4v) is 2.32. The van der Waals surface area contributed by atoms with E-state index < -0.39 is 35.4 Å². The average Bonchev–Trinajstić information content (AvgIpc) is 2.92. The Hall–Kier alpha value is -2.38. The maximum absolute atomic E-state index is 11.7. The Morgan fingerprint density at radius 2 is 0.952 bits per heavy atom. The van der Waals surface area contributed by atoms with Crippen LogP contribution in [-0.4, -0.2) is 45.2 Å². The predicted octanol–water partition coefficient (Wildman–Crippen LogP) is -0.492. The van der Waals surface area contributed by atoms with E-state index in [1.807, 2.05) is 0 Å². The van der Waals surface area contributed by atoms with Gasteiger partial charge in [0.2, 0.25) is 35.4 Å². The zero-order valence-corrected chi connectivity index (χ0v) is 11.3. The quantitative estimate of drug-likeness (QED) is 0.647. The summed E-state index contributed by atoms with van der Waals surface area (Å²) in [5.41, 5.74) is 0. The Morgan fingerprint density at radius 1 is 0.667 bits per heavy atom. The highest BCUT2D eigenvalue weighted by molar-refractivity contribution is 6.16. The molecule has 2 heterocycles.